The van der Waals surface area contributed by atoms with Crippen LogP contribution in [0.4, 0.5) is 22.1 Å². The summed E-state index contributed by atoms with van der Waals surface area (Å²) in [6.45, 7) is 6.89. The van der Waals surface area contributed by atoms with Gasteiger partial charge in [0.05, 0.1) is 24.4 Å². The zero-order valence-electron chi connectivity index (χ0n) is 17.7. The molecular formula is C20H27N7O4. The highest BCUT2D eigenvalue weighted by Crippen LogP contribution is 2.25. The molecule has 31 heavy (non-hydrogen) atoms. The van der Waals surface area contributed by atoms with Crippen molar-refractivity contribution in [3.05, 3.63) is 35.7 Å². The summed E-state index contributed by atoms with van der Waals surface area (Å²) >= 11 is 0. The van der Waals surface area contributed by atoms with Crippen LogP contribution in [0, 0.1) is 0 Å². The van der Waals surface area contributed by atoms with Gasteiger partial charge in [-0.2, -0.15) is 0 Å². The molecule has 1 saturated heterocycles. The molecule has 166 valence electrons. The first-order valence-corrected chi connectivity index (χ1v) is 9.89. The van der Waals surface area contributed by atoms with Crippen LogP contribution >= 0.6 is 0 Å². The molecule has 1 fully saturated rings. The molecule has 0 aromatic carbocycles. The van der Waals surface area contributed by atoms with E-state index in [-0.39, 0.29) is 23.8 Å². The Kier molecular flexibility index (Phi) is 6.54. The number of carbonyl (C=O) groups excluding carboxylic acids is 1. The van der Waals surface area contributed by atoms with Gasteiger partial charge < -0.3 is 31.5 Å². The molecular weight excluding hydrogens is 402 g/mol. The zero-order valence-corrected chi connectivity index (χ0v) is 17.7. The first-order valence-electron chi connectivity index (χ1n) is 9.89. The maximum atomic E-state index is 11.9. The highest BCUT2D eigenvalue weighted by molar-refractivity contribution is 5.97. The third-order valence-corrected chi connectivity index (χ3v) is 4.81. The summed E-state index contributed by atoms with van der Waals surface area (Å²) in [5, 5.41) is 25.7. The van der Waals surface area contributed by atoms with Gasteiger partial charge >= 0.3 is 6.09 Å². The summed E-state index contributed by atoms with van der Waals surface area (Å²) in [4.78, 5) is 27.5. The van der Waals surface area contributed by atoms with Crippen molar-refractivity contribution in [2.45, 2.75) is 44.7 Å². The number of carboxylic acid groups (broad SMARTS) is 1. The van der Waals surface area contributed by atoms with Crippen molar-refractivity contribution in [1.82, 2.24) is 20.5 Å². The number of amides is 2. The molecule has 0 saturated carbocycles. The maximum absolute atomic E-state index is 11.9. The van der Waals surface area contributed by atoms with Crippen LogP contribution in [-0.2, 0) is 10.2 Å². The van der Waals surface area contributed by atoms with Gasteiger partial charge in [0, 0.05) is 23.8 Å². The Hall–Kier alpha value is -3.47. The first-order chi connectivity index (χ1) is 14.6. The van der Waals surface area contributed by atoms with Crippen LogP contribution in [0.1, 0.15) is 43.4 Å². The number of nitrogens with zero attached hydrogens (tertiary/aromatic N) is 3. The van der Waals surface area contributed by atoms with Crippen LogP contribution in [0.2, 0.25) is 0 Å². The van der Waals surface area contributed by atoms with E-state index < -0.39 is 18.0 Å². The average Bonchev–Trinajstić information content (AvgIpc) is 2.69. The summed E-state index contributed by atoms with van der Waals surface area (Å²) in [5.41, 5.74) is 6.51. The largest absolute Gasteiger partial charge is 0.465 e. The molecule has 6 N–H and O–H groups in total. The van der Waals surface area contributed by atoms with Crippen molar-refractivity contribution in [2.75, 3.05) is 23.8 Å². The molecule has 0 spiro atoms. The molecule has 1 aliphatic rings. The van der Waals surface area contributed by atoms with Crippen molar-refractivity contribution in [3.63, 3.8) is 0 Å². The Morgan fingerprint density at radius 3 is 2.65 bits per heavy atom. The van der Waals surface area contributed by atoms with Gasteiger partial charge in [0.25, 0.3) is 5.91 Å². The Bertz CT molecular complexity index is 961. The van der Waals surface area contributed by atoms with Crippen LogP contribution in [0.15, 0.2) is 24.3 Å². The number of primary amides is 1. The molecule has 0 bridgehead atoms. The minimum absolute atomic E-state index is 0.0271. The second-order valence-electron chi connectivity index (χ2n) is 8.31. The van der Waals surface area contributed by atoms with Gasteiger partial charge in [-0.25, -0.2) is 9.78 Å². The van der Waals surface area contributed by atoms with Crippen molar-refractivity contribution in [1.29, 1.82) is 0 Å². The van der Waals surface area contributed by atoms with Gasteiger partial charge in [0.2, 0.25) is 0 Å². The molecule has 3 rings (SSSR count). The highest BCUT2D eigenvalue weighted by Gasteiger charge is 2.28. The SMILES string of the molecule is CC(C)(C)c1cccc(Nc2cc(N[C@@H]3CCOC[C@@H]3NC(=O)O)nnc2C(N)=O)n1. The van der Waals surface area contributed by atoms with E-state index in [1.165, 1.54) is 0 Å². The van der Waals surface area contributed by atoms with Gasteiger partial charge in [0.15, 0.2) is 11.5 Å². The second-order valence-corrected chi connectivity index (χ2v) is 8.31. The monoisotopic (exact) mass is 429 g/mol. The smallest absolute Gasteiger partial charge is 0.405 e. The van der Waals surface area contributed by atoms with Crippen molar-refractivity contribution in [2.24, 2.45) is 5.73 Å². The molecule has 2 atom stereocenters. The molecule has 2 aromatic rings. The number of hydrogen-bond acceptors (Lipinski definition) is 8. The third-order valence-electron chi connectivity index (χ3n) is 4.81. The van der Waals surface area contributed by atoms with E-state index in [0.29, 0.717) is 30.4 Å². The van der Waals surface area contributed by atoms with E-state index in [2.05, 4.69) is 51.9 Å². The van der Waals surface area contributed by atoms with E-state index in [1.807, 2.05) is 12.1 Å². The zero-order chi connectivity index (χ0) is 22.6. The second kappa shape index (κ2) is 9.13. The summed E-state index contributed by atoms with van der Waals surface area (Å²) in [6.07, 6.45) is -0.563. The normalized spacial score (nSPS) is 18.8. The lowest BCUT2D eigenvalue weighted by Crippen LogP contribution is -2.52. The molecule has 3 heterocycles. The number of ether oxygens (including phenoxy) is 1. The standard InChI is InChI=1S/C20H27N7O4/c1-20(2,3)14-5-4-6-15(25-14)23-12-9-16(26-27-17(12)18(21)28)22-11-7-8-31-10-13(11)24-19(29)30/h4-6,9,11,13,24H,7-8,10H2,1-3H3,(H2,21,28)(H,29,30)(H2,22,23,25,26)/t11-,13+/m1/s1. The molecule has 11 heteroatoms. The Morgan fingerprint density at radius 2 is 1.97 bits per heavy atom. The topological polar surface area (TPSA) is 164 Å². The average molecular weight is 429 g/mol. The van der Waals surface area contributed by atoms with E-state index in [1.54, 1.807) is 12.1 Å². The number of nitrogens with one attached hydrogen (secondary N) is 3. The van der Waals surface area contributed by atoms with Gasteiger partial charge in [-0.3, -0.25) is 4.79 Å². The van der Waals surface area contributed by atoms with Crippen LogP contribution in [0.25, 0.3) is 0 Å². The Morgan fingerprint density at radius 1 is 1.19 bits per heavy atom. The first kappa shape index (κ1) is 22.2. The number of hydrogen-bond donors (Lipinski definition) is 5. The van der Waals surface area contributed by atoms with Gasteiger partial charge in [-0.1, -0.05) is 26.8 Å². The highest BCUT2D eigenvalue weighted by atomic mass is 16.5. The quantitative estimate of drug-likeness (QED) is 0.461. The molecule has 1 aliphatic heterocycles. The number of pyridine rings is 1. The lowest BCUT2D eigenvalue weighted by Gasteiger charge is -2.32. The predicted octanol–water partition coefficient (Wildman–Crippen LogP) is 1.85. The van der Waals surface area contributed by atoms with Crippen molar-refractivity contribution >= 4 is 29.3 Å². The number of aromatic nitrogens is 3. The third kappa shape index (κ3) is 5.79. The number of anilines is 3. The minimum atomic E-state index is -1.13. The van der Waals surface area contributed by atoms with Crippen LogP contribution in [0.3, 0.4) is 0 Å². The van der Waals surface area contributed by atoms with E-state index >= 15 is 0 Å². The van der Waals surface area contributed by atoms with Crippen LogP contribution in [0.5, 0.6) is 0 Å². The van der Waals surface area contributed by atoms with Crippen LogP contribution < -0.4 is 21.7 Å². The lowest BCUT2D eigenvalue weighted by molar-refractivity contribution is 0.0625. The fourth-order valence-corrected chi connectivity index (χ4v) is 3.20. The molecule has 0 radical (unpaired) electrons. The fraction of sp³-hybridized carbons (Fsp3) is 0.450. The number of carbonyl (C=O) groups is 2. The minimum Gasteiger partial charge on any atom is -0.465 e. The van der Waals surface area contributed by atoms with E-state index in [9.17, 15) is 9.59 Å². The molecule has 11 nitrogen and oxygen atoms in total. The Labute approximate surface area is 179 Å². The molecule has 0 aliphatic carbocycles. The van der Waals surface area contributed by atoms with E-state index in [0.717, 1.165) is 5.69 Å². The predicted molar refractivity (Wildman–Crippen MR) is 115 cm³/mol. The molecule has 2 amide bonds. The van der Waals surface area contributed by atoms with Crippen molar-refractivity contribution < 1.29 is 19.4 Å². The van der Waals surface area contributed by atoms with Crippen molar-refractivity contribution in [3.8, 4) is 0 Å². The van der Waals surface area contributed by atoms with E-state index in [4.69, 9.17) is 15.6 Å². The van der Waals surface area contributed by atoms with Gasteiger partial charge in [-0.15, -0.1) is 10.2 Å². The molecule has 0 unspecified atom stereocenters. The Balaban J connectivity index is 1.86. The van der Waals surface area contributed by atoms with Gasteiger partial charge in [0.1, 0.15) is 5.82 Å². The summed E-state index contributed by atoms with van der Waals surface area (Å²) < 4.78 is 5.36. The molecule has 2 aromatic heterocycles. The summed E-state index contributed by atoms with van der Waals surface area (Å²) in [7, 11) is 0. The summed E-state index contributed by atoms with van der Waals surface area (Å²) in [5.74, 6) is 0.166. The van der Waals surface area contributed by atoms with Crippen LogP contribution in [-0.4, -0.2) is 57.6 Å². The van der Waals surface area contributed by atoms with Gasteiger partial charge in [-0.05, 0) is 18.6 Å². The number of nitrogens with two attached hydrogens (primary N) is 1. The number of rotatable bonds is 6. The fourth-order valence-electron chi connectivity index (χ4n) is 3.20. The lowest BCUT2D eigenvalue weighted by atomic mass is 9.92. The maximum Gasteiger partial charge on any atom is 0.405 e. The summed E-state index contributed by atoms with van der Waals surface area (Å²) in [6, 6.07) is 6.47.